The number of rotatable bonds is 4. The molecule has 0 bridgehead atoms. The number of pyridine rings is 1. The number of fused-ring (bicyclic) bond motifs is 1. The fourth-order valence-corrected chi connectivity index (χ4v) is 4.86. The maximum absolute atomic E-state index is 9.55. The Balaban J connectivity index is 1.88. The van der Waals surface area contributed by atoms with Gasteiger partial charge in [-0.3, -0.25) is 0 Å². The molecular weight excluding hydrogens is 389 g/mol. The molecule has 0 fully saturated rings. The Morgan fingerprint density at radius 2 is 1.65 bits per heavy atom. The van der Waals surface area contributed by atoms with Crippen molar-refractivity contribution >= 4 is 34.8 Å². The van der Waals surface area contributed by atoms with Crippen LogP contribution in [0.25, 0.3) is 22.2 Å². The molecule has 1 heterocycles. The van der Waals surface area contributed by atoms with Crippen molar-refractivity contribution in [2.75, 3.05) is 7.11 Å². The summed E-state index contributed by atoms with van der Waals surface area (Å²) in [7, 11) is 1.68. The van der Waals surface area contributed by atoms with Crippen LogP contribution in [0.4, 0.5) is 0 Å². The molecule has 0 saturated heterocycles. The Bertz CT molecular complexity index is 1050. The molecule has 0 amide bonds. The fraction of sp³-hybridized carbons (Fsp3) is 0.0455. The molecule has 1 aromatic heterocycles. The van der Waals surface area contributed by atoms with Crippen molar-refractivity contribution in [3.05, 3.63) is 78.9 Å². The summed E-state index contributed by atoms with van der Waals surface area (Å²) in [5.41, 5.74) is 2.85. The molecule has 0 aliphatic rings. The summed E-state index contributed by atoms with van der Waals surface area (Å²) in [5.74, 6) is 1.09. The van der Waals surface area contributed by atoms with Gasteiger partial charge in [0.05, 0.1) is 0 Å². The van der Waals surface area contributed by atoms with Gasteiger partial charge in [0.2, 0.25) is 0 Å². The minimum atomic E-state index is 0.153. The van der Waals surface area contributed by atoms with E-state index in [9.17, 15) is 5.11 Å². The molecule has 0 aliphatic carbocycles. The predicted octanol–water partition coefficient (Wildman–Crippen LogP) is 3.27. The van der Waals surface area contributed by atoms with Crippen LogP contribution in [0.5, 0.6) is 11.5 Å². The van der Waals surface area contributed by atoms with Crippen molar-refractivity contribution in [2.24, 2.45) is 0 Å². The van der Waals surface area contributed by atoms with Gasteiger partial charge in [-0.25, -0.2) is 0 Å². The number of benzene rings is 3. The van der Waals surface area contributed by atoms with Crippen molar-refractivity contribution in [2.45, 2.75) is 0 Å². The van der Waals surface area contributed by atoms with Crippen molar-refractivity contribution < 1.29 is 9.84 Å². The zero-order chi connectivity index (χ0) is 17.9. The van der Waals surface area contributed by atoms with Gasteiger partial charge in [-0.15, -0.1) is 0 Å². The second-order valence-corrected chi connectivity index (χ2v) is 8.19. The third-order valence-electron chi connectivity index (χ3n) is 4.11. The van der Waals surface area contributed by atoms with Gasteiger partial charge >= 0.3 is 158 Å². The van der Waals surface area contributed by atoms with E-state index >= 15 is 0 Å². The van der Waals surface area contributed by atoms with E-state index < -0.39 is 0 Å². The second kappa shape index (κ2) is 7.20. The Labute approximate surface area is 158 Å². The van der Waals surface area contributed by atoms with Crippen LogP contribution in [0.3, 0.4) is 0 Å². The molecule has 0 aliphatic heterocycles. The topological polar surface area (TPSA) is 42.4 Å². The standard InChI is InChI=1S/C22H17NO2Se/c1-25-17-11-12-20-19(13-17)22(26-18-5-3-2-4-6-18)14-21(23-20)15-7-9-16(24)10-8-15/h2-14,24H,1H3. The first-order valence-electron chi connectivity index (χ1n) is 8.24. The van der Waals surface area contributed by atoms with E-state index in [4.69, 9.17) is 9.72 Å². The van der Waals surface area contributed by atoms with Crippen LogP contribution in [0.1, 0.15) is 0 Å². The van der Waals surface area contributed by atoms with Gasteiger partial charge in [-0.05, 0) is 0 Å². The van der Waals surface area contributed by atoms with Crippen LogP contribution in [0.2, 0.25) is 0 Å². The molecular formula is C22H17NO2Se. The number of ether oxygens (including phenoxy) is 1. The molecule has 0 spiro atoms. The molecule has 26 heavy (non-hydrogen) atoms. The van der Waals surface area contributed by atoms with E-state index in [1.165, 1.54) is 8.92 Å². The van der Waals surface area contributed by atoms with Gasteiger partial charge in [0.1, 0.15) is 0 Å². The van der Waals surface area contributed by atoms with Crippen molar-refractivity contribution in [3.8, 4) is 22.8 Å². The molecule has 4 rings (SSSR count). The average Bonchev–Trinajstić information content (AvgIpc) is 2.69. The summed E-state index contributed by atoms with van der Waals surface area (Å²) < 4.78 is 7.98. The molecule has 0 unspecified atom stereocenters. The van der Waals surface area contributed by atoms with Gasteiger partial charge in [0.15, 0.2) is 0 Å². The molecule has 4 heteroatoms. The summed E-state index contributed by atoms with van der Waals surface area (Å²) in [6.45, 7) is 0. The van der Waals surface area contributed by atoms with E-state index in [1.807, 2.05) is 30.3 Å². The molecule has 3 aromatic carbocycles. The van der Waals surface area contributed by atoms with Crippen LogP contribution in [0.15, 0.2) is 78.9 Å². The van der Waals surface area contributed by atoms with E-state index in [2.05, 4.69) is 36.4 Å². The molecule has 0 radical (unpaired) electrons. The molecule has 3 nitrogen and oxygen atoms in total. The predicted molar refractivity (Wildman–Crippen MR) is 107 cm³/mol. The number of aromatic hydroxyl groups is 1. The molecule has 1 N–H and O–H groups in total. The third kappa shape index (κ3) is 3.43. The van der Waals surface area contributed by atoms with Crippen LogP contribution in [-0.2, 0) is 0 Å². The van der Waals surface area contributed by atoms with Crippen LogP contribution >= 0.6 is 0 Å². The Morgan fingerprint density at radius 3 is 2.38 bits per heavy atom. The summed E-state index contributed by atoms with van der Waals surface area (Å²) >= 11 is 0.153. The first kappa shape index (κ1) is 16.6. The monoisotopic (exact) mass is 407 g/mol. The van der Waals surface area contributed by atoms with Gasteiger partial charge in [0.25, 0.3) is 0 Å². The quantitative estimate of drug-likeness (QED) is 0.529. The number of hydrogen-bond acceptors (Lipinski definition) is 3. The number of phenolic OH excluding ortho intramolecular Hbond substituents is 1. The second-order valence-electron chi connectivity index (χ2n) is 5.85. The van der Waals surface area contributed by atoms with Gasteiger partial charge in [-0.2, -0.15) is 0 Å². The van der Waals surface area contributed by atoms with Crippen molar-refractivity contribution in [1.29, 1.82) is 0 Å². The average molecular weight is 406 g/mol. The SMILES string of the molecule is COc1ccc2nc(-c3ccc(O)cc3)cc([Se]c3ccccc3)c2c1. The van der Waals surface area contributed by atoms with E-state index in [-0.39, 0.29) is 20.7 Å². The summed E-state index contributed by atoms with van der Waals surface area (Å²) in [5, 5.41) is 10.7. The summed E-state index contributed by atoms with van der Waals surface area (Å²) in [6, 6.07) is 25.8. The fourth-order valence-electron chi connectivity index (χ4n) is 2.78. The molecule has 0 atom stereocenters. The minimum absolute atomic E-state index is 0.153. The van der Waals surface area contributed by atoms with Crippen molar-refractivity contribution in [3.63, 3.8) is 0 Å². The van der Waals surface area contributed by atoms with Crippen LogP contribution in [0, 0.1) is 0 Å². The van der Waals surface area contributed by atoms with Crippen molar-refractivity contribution in [1.82, 2.24) is 4.98 Å². The third-order valence-corrected chi connectivity index (χ3v) is 6.35. The molecule has 128 valence electrons. The summed E-state index contributed by atoms with van der Waals surface area (Å²) in [6.07, 6.45) is 0. The zero-order valence-electron chi connectivity index (χ0n) is 14.2. The number of phenols is 1. The first-order valence-corrected chi connectivity index (χ1v) is 9.95. The number of nitrogens with zero attached hydrogens (tertiary/aromatic N) is 1. The number of methoxy groups -OCH3 is 1. The van der Waals surface area contributed by atoms with Gasteiger partial charge in [0, 0.05) is 0 Å². The summed E-state index contributed by atoms with van der Waals surface area (Å²) in [4.78, 5) is 4.83. The van der Waals surface area contributed by atoms with E-state index in [1.54, 1.807) is 19.2 Å². The van der Waals surface area contributed by atoms with E-state index in [0.29, 0.717) is 0 Å². The maximum atomic E-state index is 9.55. The molecule has 4 aromatic rings. The Hall–Kier alpha value is -2.81. The van der Waals surface area contributed by atoms with Crippen LogP contribution < -0.4 is 13.7 Å². The Morgan fingerprint density at radius 1 is 0.885 bits per heavy atom. The zero-order valence-corrected chi connectivity index (χ0v) is 15.9. The number of hydrogen-bond donors (Lipinski definition) is 1. The van der Waals surface area contributed by atoms with Gasteiger partial charge < -0.3 is 0 Å². The normalized spacial score (nSPS) is 10.8. The van der Waals surface area contributed by atoms with Crippen LogP contribution in [-0.4, -0.2) is 32.2 Å². The number of aromatic nitrogens is 1. The van der Waals surface area contributed by atoms with Gasteiger partial charge in [-0.1, -0.05) is 0 Å². The molecule has 0 saturated carbocycles. The first-order chi connectivity index (χ1) is 12.7. The Kier molecular flexibility index (Phi) is 4.61. The van der Waals surface area contributed by atoms with E-state index in [0.717, 1.165) is 27.9 Å².